The third-order valence-electron chi connectivity index (χ3n) is 3.38. The molecule has 0 unspecified atom stereocenters. The van der Waals surface area contributed by atoms with E-state index in [9.17, 15) is 18.0 Å². The van der Waals surface area contributed by atoms with Gasteiger partial charge in [-0.1, -0.05) is 35.9 Å². The highest BCUT2D eigenvalue weighted by atomic mass is 35.5. The summed E-state index contributed by atoms with van der Waals surface area (Å²) in [4.78, 5) is 23.8. The van der Waals surface area contributed by atoms with Gasteiger partial charge in [0.2, 0.25) is 15.9 Å². The molecule has 0 aliphatic carbocycles. The second-order valence-electron chi connectivity index (χ2n) is 5.40. The van der Waals surface area contributed by atoms with Crippen molar-refractivity contribution in [2.45, 2.75) is 6.92 Å². The number of ketones is 1. The molecule has 0 spiro atoms. The molecule has 6 nitrogen and oxygen atoms in total. The van der Waals surface area contributed by atoms with Crippen LogP contribution in [0, 0.1) is 0 Å². The van der Waals surface area contributed by atoms with Crippen molar-refractivity contribution in [3.8, 4) is 0 Å². The van der Waals surface area contributed by atoms with Gasteiger partial charge < -0.3 is 5.32 Å². The SMILES string of the molecule is CC(=O)c1cccc(N(CC(=O)Nc2ccccc2Cl)S(C)(=O)=O)c1. The highest BCUT2D eigenvalue weighted by molar-refractivity contribution is 7.92. The van der Waals surface area contributed by atoms with Crippen LogP contribution in [-0.2, 0) is 14.8 Å². The maximum atomic E-state index is 12.3. The third kappa shape index (κ3) is 5.04. The largest absolute Gasteiger partial charge is 0.323 e. The molecule has 2 aromatic carbocycles. The summed E-state index contributed by atoms with van der Waals surface area (Å²) in [6, 6.07) is 12.7. The van der Waals surface area contributed by atoms with E-state index in [1.165, 1.54) is 19.1 Å². The molecule has 0 atom stereocenters. The zero-order valence-corrected chi connectivity index (χ0v) is 15.3. The number of amides is 1. The summed E-state index contributed by atoms with van der Waals surface area (Å²) in [6.45, 7) is 0.944. The first-order valence-corrected chi connectivity index (χ1v) is 9.54. The number of hydrogen-bond donors (Lipinski definition) is 1. The van der Waals surface area contributed by atoms with Gasteiger partial charge in [0.15, 0.2) is 5.78 Å². The van der Waals surface area contributed by atoms with Gasteiger partial charge in [-0.05, 0) is 31.2 Å². The average Bonchev–Trinajstić information content (AvgIpc) is 2.54. The number of rotatable bonds is 6. The second-order valence-corrected chi connectivity index (χ2v) is 7.72. The monoisotopic (exact) mass is 380 g/mol. The molecule has 1 N–H and O–H groups in total. The van der Waals surface area contributed by atoms with Crippen LogP contribution in [0.3, 0.4) is 0 Å². The van der Waals surface area contributed by atoms with Crippen molar-refractivity contribution < 1.29 is 18.0 Å². The summed E-state index contributed by atoms with van der Waals surface area (Å²) in [7, 11) is -3.73. The number of para-hydroxylation sites is 1. The van der Waals surface area contributed by atoms with Crippen molar-refractivity contribution in [2.24, 2.45) is 0 Å². The lowest BCUT2D eigenvalue weighted by Crippen LogP contribution is -2.37. The summed E-state index contributed by atoms with van der Waals surface area (Å²) >= 11 is 5.98. The highest BCUT2D eigenvalue weighted by Crippen LogP contribution is 2.22. The molecule has 0 radical (unpaired) electrons. The van der Waals surface area contributed by atoms with Crippen LogP contribution in [0.2, 0.25) is 5.02 Å². The lowest BCUT2D eigenvalue weighted by molar-refractivity contribution is -0.114. The van der Waals surface area contributed by atoms with Gasteiger partial charge in [0.25, 0.3) is 0 Å². The Bertz CT molecular complexity index is 912. The molecule has 25 heavy (non-hydrogen) atoms. The van der Waals surface area contributed by atoms with Gasteiger partial charge in [-0.15, -0.1) is 0 Å². The first kappa shape index (κ1) is 19.0. The first-order chi connectivity index (χ1) is 11.7. The number of halogens is 1. The van der Waals surface area contributed by atoms with Gasteiger partial charge in [-0.2, -0.15) is 0 Å². The molecule has 0 aliphatic heterocycles. The lowest BCUT2D eigenvalue weighted by Gasteiger charge is -2.22. The molecule has 0 saturated heterocycles. The van der Waals surface area contributed by atoms with Crippen molar-refractivity contribution >= 4 is 44.7 Å². The van der Waals surface area contributed by atoms with Crippen molar-refractivity contribution in [1.29, 1.82) is 0 Å². The van der Waals surface area contributed by atoms with Crippen LogP contribution < -0.4 is 9.62 Å². The summed E-state index contributed by atoms with van der Waals surface area (Å²) in [5, 5.41) is 2.92. The minimum atomic E-state index is -3.73. The predicted octanol–water partition coefficient (Wildman–Crippen LogP) is 2.95. The van der Waals surface area contributed by atoms with Crippen molar-refractivity contribution in [2.75, 3.05) is 22.4 Å². The van der Waals surface area contributed by atoms with E-state index in [0.29, 0.717) is 16.3 Å². The molecule has 0 aromatic heterocycles. The Hall–Kier alpha value is -2.38. The molecular weight excluding hydrogens is 364 g/mol. The second kappa shape index (κ2) is 7.67. The lowest BCUT2D eigenvalue weighted by atomic mass is 10.1. The van der Waals surface area contributed by atoms with E-state index in [0.717, 1.165) is 10.6 Å². The van der Waals surface area contributed by atoms with Crippen LogP contribution in [-0.4, -0.2) is 32.9 Å². The van der Waals surface area contributed by atoms with E-state index >= 15 is 0 Å². The topological polar surface area (TPSA) is 83.6 Å². The van der Waals surface area contributed by atoms with Gasteiger partial charge in [0.05, 0.1) is 22.7 Å². The maximum Gasteiger partial charge on any atom is 0.245 e. The number of benzene rings is 2. The molecule has 0 heterocycles. The summed E-state index contributed by atoms with van der Waals surface area (Å²) in [6.07, 6.45) is 0.996. The van der Waals surface area contributed by atoms with Gasteiger partial charge in [-0.25, -0.2) is 8.42 Å². The third-order valence-corrected chi connectivity index (χ3v) is 4.85. The molecule has 8 heteroatoms. The zero-order valence-electron chi connectivity index (χ0n) is 13.7. The van der Waals surface area contributed by atoms with E-state index < -0.39 is 22.5 Å². The van der Waals surface area contributed by atoms with E-state index in [1.54, 1.807) is 36.4 Å². The van der Waals surface area contributed by atoms with E-state index in [1.807, 2.05) is 0 Å². The predicted molar refractivity (Wildman–Crippen MR) is 98.7 cm³/mol. The number of nitrogens with one attached hydrogen (secondary N) is 1. The summed E-state index contributed by atoms with van der Waals surface area (Å²) in [5.74, 6) is -0.748. The maximum absolute atomic E-state index is 12.3. The molecule has 0 aliphatic rings. The Balaban J connectivity index is 2.27. The minimum absolute atomic E-state index is 0.198. The quantitative estimate of drug-likeness (QED) is 0.781. The first-order valence-electron chi connectivity index (χ1n) is 7.31. The molecule has 132 valence electrons. The fourth-order valence-corrected chi connectivity index (χ4v) is 3.19. The Kier molecular flexibility index (Phi) is 5.81. The molecule has 0 bridgehead atoms. The van der Waals surface area contributed by atoms with Gasteiger partial charge in [-0.3, -0.25) is 13.9 Å². The molecule has 2 aromatic rings. The average molecular weight is 381 g/mol. The molecule has 0 saturated carbocycles. The van der Waals surface area contributed by atoms with Crippen LogP contribution in [0.1, 0.15) is 17.3 Å². The van der Waals surface area contributed by atoms with Crippen LogP contribution in [0.5, 0.6) is 0 Å². The number of hydrogen-bond acceptors (Lipinski definition) is 4. The fourth-order valence-electron chi connectivity index (χ4n) is 2.16. The number of Topliss-reactive ketones (excluding diaryl/α,β-unsaturated/α-hetero) is 1. The number of nitrogens with zero attached hydrogens (tertiary/aromatic N) is 1. The molecule has 2 rings (SSSR count). The van der Waals surface area contributed by atoms with Gasteiger partial charge in [0.1, 0.15) is 6.54 Å². The van der Waals surface area contributed by atoms with Crippen molar-refractivity contribution in [3.63, 3.8) is 0 Å². The Morgan fingerprint density at radius 2 is 1.80 bits per heavy atom. The van der Waals surface area contributed by atoms with E-state index in [2.05, 4.69) is 5.32 Å². The number of carbonyl (C=O) groups is 2. The Morgan fingerprint density at radius 3 is 2.40 bits per heavy atom. The number of anilines is 2. The van der Waals surface area contributed by atoms with E-state index in [4.69, 9.17) is 11.6 Å². The fraction of sp³-hybridized carbons (Fsp3) is 0.176. The molecule has 1 amide bonds. The van der Waals surface area contributed by atoms with Crippen LogP contribution >= 0.6 is 11.6 Å². The number of sulfonamides is 1. The molecular formula is C17H17ClN2O4S. The highest BCUT2D eigenvalue weighted by Gasteiger charge is 2.22. The Morgan fingerprint density at radius 1 is 1.12 bits per heavy atom. The normalized spacial score (nSPS) is 11.0. The van der Waals surface area contributed by atoms with Crippen LogP contribution in [0.15, 0.2) is 48.5 Å². The number of carbonyl (C=O) groups excluding carboxylic acids is 2. The van der Waals surface area contributed by atoms with Crippen molar-refractivity contribution in [3.05, 3.63) is 59.1 Å². The smallest absolute Gasteiger partial charge is 0.245 e. The van der Waals surface area contributed by atoms with Gasteiger partial charge >= 0.3 is 0 Å². The standard InChI is InChI=1S/C17H17ClN2O4S/c1-12(21)13-6-5-7-14(10-13)20(25(2,23)24)11-17(22)19-16-9-4-3-8-15(16)18/h3-10H,11H2,1-2H3,(H,19,22). The summed E-state index contributed by atoms with van der Waals surface area (Å²) in [5.41, 5.74) is 0.988. The van der Waals surface area contributed by atoms with Crippen LogP contribution in [0.4, 0.5) is 11.4 Å². The zero-order chi connectivity index (χ0) is 18.6. The minimum Gasteiger partial charge on any atom is -0.323 e. The van der Waals surface area contributed by atoms with Crippen molar-refractivity contribution in [1.82, 2.24) is 0 Å². The van der Waals surface area contributed by atoms with E-state index in [-0.39, 0.29) is 11.5 Å². The van der Waals surface area contributed by atoms with Gasteiger partial charge in [0, 0.05) is 5.56 Å². The molecule has 0 fully saturated rings. The van der Waals surface area contributed by atoms with Crippen LogP contribution in [0.25, 0.3) is 0 Å². The Labute approximate surface area is 151 Å². The summed E-state index contributed by atoms with van der Waals surface area (Å²) < 4.78 is 25.1.